The average molecular weight is 412 g/mol. The van der Waals surface area contributed by atoms with E-state index in [-0.39, 0.29) is 5.75 Å². The van der Waals surface area contributed by atoms with E-state index in [1.165, 1.54) is 4.90 Å². The highest BCUT2D eigenvalue weighted by atomic mass is 79.9. The number of nitrogens with zero attached hydrogens (tertiary/aromatic N) is 1. The lowest BCUT2D eigenvalue weighted by Crippen LogP contribution is -2.30. The maximum atomic E-state index is 12.5. The highest BCUT2D eigenvalue weighted by Gasteiger charge is 2.19. The Morgan fingerprint density at radius 2 is 1.83 bits per heavy atom. The maximum absolute atomic E-state index is 12.5. The van der Waals surface area contributed by atoms with Crippen molar-refractivity contribution in [3.05, 3.63) is 53.0 Å². The molecule has 23 heavy (non-hydrogen) atoms. The van der Waals surface area contributed by atoms with Crippen LogP contribution in [-0.2, 0) is 9.84 Å². The molecule has 0 radical (unpaired) electrons. The van der Waals surface area contributed by atoms with Crippen LogP contribution < -0.4 is 4.90 Å². The van der Waals surface area contributed by atoms with Crippen LogP contribution in [-0.4, -0.2) is 33.0 Å². The minimum absolute atomic E-state index is 0.133. The Morgan fingerprint density at radius 1 is 1.09 bits per heavy atom. The van der Waals surface area contributed by atoms with Gasteiger partial charge in [-0.05, 0) is 48.6 Å². The van der Waals surface area contributed by atoms with E-state index >= 15 is 0 Å². The van der Waals surface area contributed by atoms with E-state index in [0.717, 1.165) is 28.9 Å². The van der Waals surface area contributed by atoms with Crippen LogP contribution in [0.3, 0.4) is 0 Å². The smallest absolute Gasteiger partial charge is 0.180 e. The second-order valence-corrected chi connectivity index (χ2v) is 9.59. The quantitative estimate of drug-likeness (QED) is 0.754. The fourth-order valence-electron chi connectivity index (χ4n) is 2.62. The van der Waals surface area contributed by atoms with Crippen molar-refractivity contribution in [3.8, 4) is 0 Å². The second kappa shape index (κ2) is 7.28. The van der Waals surface area contributed by atoms with Gasteiger partial charge in [0.15, 0.2) is 9.84 Å². The standard InChI is InChI=1S/C17H18BrNO2S2/c18-14-6-8-15(9-7-14)23(20,21)13-11-19-10-3-12-22-17-5-2-1-4-16(17)19/h1-2,4-9H,3,10-13H2. The number of anilines is 1. The van der Waals surface area contributed by atoms with Crippen molar-refractivity contribution in [1.29, 1.82) is 0 Å². The fourth-order valence-corrected chi connectivity index (χ4v) is 5.15. The molecule has 6 heteroatoms. The van der Waals surface area contributed by atoms with Gasteiger partial charge in [-0.3, -0.25) is 0 Å². The third-order valence-electron chi connectivity index (χ3n) is 3.84. The van der Waals surface area contributed by atoms with Crippen LogP contribution in [0, 0.1) is 0 Å². The molecule has 122 valence electrons. The summed E-state index contributed by atoms with van der Waals surface area (Å²) in [7, 11) is -3.26. The Kier molecular flexibility index (Phi) is 5.34. The molecule has 0 unspecified atom stereocenters. The molecular formula is C17H18BrNO2S2. The Balaban J connectivity index is 1.76. The van der Waals surface area contributed by atoms with Crippen molar-refractivity contribution in [2.45, 2.75) is 16.2 Å². The molecule has 0 saturated heterocycles. The van der Waals surface area contributed by atoms with E-state index < -0.39 is 9.84 Å². The zero-order valence-electron chi connectivity index (χ0n) is 12.6. The van der Waals surface area contributed by atoms with Crippen LogP contribution in [0.5, 0.6) is 0 Å². The van der Waals surface area contributed by atoms with Crippen molar-refractivity contribution in [2.75, 3.05) is 29.5 Å². The molecule has 0 N–H and O–H groups in total. The highest BCUT2D eigenvalue weighted by molar-refractivity contribution is 9.10. The molecule has 0 bridgehead atoms. The molecular weight excluding hydrogens is 394 g/mol. The van der Waals surface area contributed by atoms with Crippen LogP contribution in [0.15, 0.2) is 62.8 Å². The zero-order chi connectivity index (χ0) is 16.3. The van der Waals surface area contributed by atoms with Crippen molar-refractivity contribution < 1.29 is 8.42 Å². The summed E-state index contributed by atoms with van der Waals surface area (Å²) in [6.45, 7) is 1.43. The summed E-state index contributed by atoms with van der Waals surface area (Å²) >= 11 is 5.18. The van der Waals surface area contributed by atoms with Gasteiger partial charge in [0.1, 0.15) is 0 Å². The Bertz CT molecular complexity index is 775. The zero-order valence-corrected chi connectivity index (χ0v) is 15.8. The maximum Gasteiger partial charge on any atom is 0.180 e. The van der Waals surface area contributed by atoms with Crippen LogP contribution >= 0.6 is 27.7 Å². The van der Waals surface area contributed by atoms with Crippen LogP contribution in [0.25, 0.3) is 0 Å². The van der Waals surface area contributed by atoms with Gasteiger partial charge in [-0.25, -0.2) is 8.42 Å². The van der Waals surface area contributed by atoms with Crippen molar-refractivity contribution in [2.24, 2.45) is 0 Å². The number of rotatable bonds is 4. The molecule has 0 saturated carbocycles. The third-order valence-corrected chi connectivity index (χ3v) is 7.23. The van der Waals surface area contributed by atoms with Crippen molar-refractivity contribution in [1.82, 2.24) is 0 Å². The van der Waals surface area contributed by atoms with E-state index in [9.17, 15) is 8.42 Å². The van der Waals surface area contributed by atoms with Crippen LogP contribution in [0.2, 0.25) is 0 Å². The number of hydrogen-bond acceptors (Lipinski definition) is 4. The predicted molar refractivity (Wildman–Crippen MR) is 100 cm³/mol. The first-order valence-electron chi connectivity index (χ1n) is 7.51. The molecule has 0 spiro atoms. The lowest BCUT2D eigenvalue weighted by Gasteiger charge is -2.24. The topological polar surface area (TPSA) is 37.4 Å². The summed E-state index contributed by atoms with van der Waals surface area (Å²) < 4.78 is 26.0. The Hall–Kier alpha value is -0.980. The van der Waals surface area contributed by atoms with Gasteiger partial charge in [0.25, 0.3) is 0 Å². The molecule has 3 rings (SSSR count). The number of thioether (sulfide) groups is 1. The number of halogens is 1. The number of sulfone groups is 1. The summed E-state index contributed by atoms with van der Waals surface area (Å²) in [5, 5.41) is 0. The molecule has 0 amide bonds. The summed E-state index contributed by atoms with van der Waals surface area (Å²) in [6, 6.07) is 15.1. The molecule has 2 aromatic carbocycles. The predicted octanol–water partition coefficient (Wildman–Crippen LogP) is 4.23. The van der Waals surface area contributed by atoms with Gasteiger partial charge >= 0.3 is 0 Å². The van der Waals surface area contributed by atoms with Gasteiger partial charge in [0.2, 0.25) is 0 Å². The van der Waals surface area contributed by atoms with Gasteiger partial charge in [-0.2, -0.15) is 0 Å². The highest BCUT2D eigenvalue weighted by Crippen LogP contribution is 2.33. The first-order chi connectivity index (χ1) is 11.1. The van der Waals surface area contributed by atoms with Crippen molar-refractivity contribution >= 4 is 43.2 Å². The van der Waals surface area contributed by atoms with Crippen LogP contribution in [0.1, 0.15) is 6.42 Å². The van der Waals surface area contributed by atoms with E-state index in [2.05, 4.69) is 33.0 Å². The van der Waals surface area contributed by atoms with E-state index in [1.54, 1.807) is 24.3 Å². The molecule has 1 heterocycles. The molecule has 0 atom stereocenters. The monoisotopic (exact) mass is 411 g/mol. The molecule has 2 aromatic rings. The summed E-state index contributed by atoms with van der Waals surface area (Å²) in [5.41, 5.74) is 1.15. The second-order valence-electron chi connectivity index (χ2n) is 5.43. The summed E-state index contributed by atoms with van der Waals surface area (Å²) in [6.07, 6.45) is 1.07. The number of benzene rings is 2. The Labute approximate surface area is 150 Å². The first kappa shape index (κ1) is 16.9. The lowest BCUT2D eigenvalue weighted by molar-refractivity contribution is 0.594. The average Bonchev–Trinajstić information content (AvgIpc) is 2.76. The fraction of sp³-hybridized carbons (Fsp3) is 0.294. The lowest BCUT2D eigenvalue weighted by atomic mass is 10.2. The van der Waals surface area contributed by atoms with E-state index in [4.69, 9.17) is 0 Å². The minimum atomic E-state index is -3.26. The largest absolute Gasteiger partial charge is 0.370 e. The van der Waals surface area contributed by atoms with Gasteiger partial charge in [-0.15, -0.1) is 11.8 Å². The molecule has 0 aromatic heterocycles. The van der Waals surface area contributed by atoms with Gasteiger partial charge in [0, 0.05) is 22.5 Å². The summed E-state index contributed by atoms with van der Waals surface area (Å²) in [4.78, 5) is 3.83. The van der Waals surface area contributed by atoms with Gasteiger partial charge in [-0.1, -0.05) is 28.1 Å². The third kappa shape index (κ3) is 4.11. The molecule has 1 aliphatic rings. The molecule has 0 aliphatic carbocycles. The first-order valence-corrected chi connectivity index (χ1v) is 10.9. The molecule has 0 fully saturated rings. The van der Waals surface area contributed by atoms with Crippen LogP contribution in [0.4, 0.5) is 5.69 Å². The van der Waals surface area contributed by atoms with Gasteiger partial charge < -0.3 is 4.90 Å². The normalized spacial score (nSPS) is 15.1. The van der Waals surface area contributed by atoms with Gasteiger partial charge in [0.05, 0.1) is 16.3 Å². The summed E-state index contributed by atoms with van der Waals surface area (Å²) in [5.74, 6) is 1.21. The van der Waals surface area contributed by atoms with E-state index in [1.807, 2.05) is 23.9 Å². The number of hydrogen-bond donors (Lipinski definition) is 0. The van der Waals surface area contributed by atoms with E-state index in [0.29, 0.717) is 11.4 Å². The molecule has 3 nitrogen and oxygen atoms in total. The minimum Gasteiger partial charge on any atom is -0.370 e. The number of para-hydroxylation sites is 1. The van der Waals surface area contributed by atoms with Crippen molar-refractivity contribution in [3.63, 3.8) is 0 Å². The number of fused-ring (bicyclic) bond motifs is 1. The Morgan fingerprint density at radius 3 is 2.61 bits per heavy atom. The SMILES string of the molecule is O=S(=O)(CCN1CCCSc2ccccc21)c1ccc(Br)cc1. The molecule has 1 aliphatic heterocycles.